The van der Waals surface area contributed by atoms with Crippen molar-refractivity contribution in [1.29, 1.82) is 0 Å². The van der Waals surface area contributed by atoms with Crippen LogP contribution in [0.15, 0.2) is 24.8 Å². The summed E-state index contributed by atoms with van der Waals surface area (Å²) in [6, 6.07) is 1.95. The van der Waals surface area contributed by atoms with Gasteiger partial charge in [-0.05, 0) is 31.7 Å². The van der Waals surface area contributed by atoms with Crippen molar-refractivity contribution in [2.75, 3.05) is 13.1 Å². The van der Waals surface area contributed by atoms with E-state index in [2.05, 4.69) is 27.1 Å². The number of H-pyrrole nitrogens is 1. The van der Waals surface area contributed by atoms with Crippen LogP contribution in [0.3, 0.4) is 0 Å². The Morgan fingerprint density at radius 2 is 2.04 bits per heavy atom. The number of carbonyl (C=O) groups excluding carboxylic acids is 2. The minimum absolute atomic E-state index is 0.0325. The molecular weight excluding hydrogens is 356 g/mol. The van der Waals surface area contributed by atoms with Crippen LogP contribution in [0.4, 0.5) is 0 Å². The zero-order chi connectivity index (χ0) is 19.9. The number of aromatic amines is 1. The Morgan fingerprint density at radius 3 is 2.75 bits per heavy atom. The number of hydrogen-bond donors (Lipinski definition) is 1. The van der Waals surface area contributed by atoms with Crippen LogP contribution in [-0.4, -0.2) is 60.9 Å². The molecule has 2 aromatic heterocycles. The number of carbonyl (C=O) groups is 2. The molecule has 0 saturated carbocycles. The van der Waals surface area contributed by atoms with Gasteiger partial charge in [-0.15, -0.1) is 0 Å². The van der Waals surface area contributed by atoms with Gasteiger partial charge in [0.1, 0.15) is 12.0 Å². The van der Waals surface area contributed by atoms with E-state index in [1.54, 1.807) is 19.3 Å². The number of amides is 2. The van der Waals surface area contributed by atoms with Gasteiger partial charge in [-0.3, -0.25) is 14.7 Å². The van der Waals surface area contributed by atoms with Crippen molar-refractivity contribution < 1.29 is 9.59 Å². The summed E-state index contributed by atoms with van der Waals surface area (Å²) < 4.78 is 0. The fraction of sp³-hybridized carbons (Fsp3) is 0.550. The zero-order valence-electron chi connectivity index (χ0n) is 16.6. The van der Waals surface area contributed by atoms with Gasteiger partial charge < -0.3 is 9.80 Å². The first-order valence-corrected chi connectivity index (χ1v) is 9.93. The first-order chi connectivity index (χ1) is 13.6. The van der Waals surface area contributed by atoms with Crippen LogP contribution in [0.5, 0.6) is 0 Å². The van der Waals surface area contributed by atoms with Crippen LogP contribution in [0.2, 0.25) is 0 Å². The SMILES string of the molecule is CCCc1cc(C(=O)N2CCC[C@H](N(Cc3cncnc3)C(C)=O)CC2)n[nH]1. The number of hydrogen-bond acceptors (Lipinski definition) is 5. The van der Waals surface area contributed by atoms with Crippen molar-refractivity contribution in [3.63, 3.8) is 0 Å². The number of aryl methyl sites for hydroxylation is 1. The monoisotopic (exact) mass is 384 g/mol. The number of aromatic nitrogens is 4. The molecule has 0 bridgehead atoms. The van der Waals surface area contributed by atoms with Crippen molar-refractivity contribution in [2.24, 2.45) is 0 Å². The van der Waals surface area contributed by atoms with Crippen LogP contribution in [0.25, 0.3) is 0 Å². The molecule has 8 heteroatoms. The summed E-state index contributed by atoms with van der Waals surface area (Å²) >= 11 is 0. The Balaban J connectivity index is 1.64. The molecule has 1 N–H and O–H groups in total. The van der Waals surface area contributed by atoms with E-state index in [1.807, 2.05) is 15.9 Å². The second-order valence-corrected chi connectivity index (χ2v) is 7.30. The van der Waals surface area contributed by atoms with Gasteiger partial charge >= 0.3 is 0 Å². The van der Waals surface area contributed by atoms with Gasteiger partial charge in [0, 0.05) is 56.3 Å². The molecule has 0 aliphatic carbocycles. The van der Waals surface area contributed by atoms with Crippen molar-refractivity contribution in [3.8, 4) is 0 Å². The Morgan fingerprint density at radius 1 is 1.25 bits per heavy atom. The molecule has 28 heavy (non-hydrogen) atoms. The largest absolute Gasteiger partial charge is 0.337 e. The van der Waals surface area contributed by atoms with Gasteiger partial charge in [-0.25, -0.2) is 9.97 Å². The second-order valence-electron chi connectivity index (χ2n) is 7.30. The number of rotatable bonds is 6. The molecule has 2 aromatic rings. The summed E-state index contributed by atoms with van der Waals surface area (Å²) in [5.74, 6) is -0.00442. The van der Waals surface area contributed by atoms with Crippen LogP contribution in [-0.2, 0) is 17.8 Å². The quantitative estimate of drug-likeness (QED) is 0.824. The molecule has 1 saturated heterocycles. The third kappa shape index (κ3) is 4.94. The lowest BCUT2D eigenvalue weighted by Crippen LogP contribution is -2.39. The standard InChI is InChI=1S/C20H28N6O2/c1-3-5-17-10-19(24-23-17)20(28)25-8-4-6-18(7-9-25)26(15(2)27)13-16-11-21-14-22-12-16/h10-12,14,18H,3-9,13H2,1-2H3,(H,23,24)/t18-/m0/s1. The lowest BCUT2D eigenvalue weighted by molar-refractivity contribution is -0.132. The molecular formula is C20H28N6O2. The third-order valence-corrected chi connectivity index (χ3v) is 5.17. The Bertz CT molecular complexity index is 791. The van der Waals surface area contributed by atoms with Gasteiger partial charge in [0.15, 0.2) is 0 Å². The Kier molecular flexibility index (Phi) is 6.73. The van der Waals surface area contributed by atoms with E-state index in [1.165, 1.54) is 6.33 Å². The van der Waals surface area contributed by atoms with E-state index >= 15 is 0 Å². The summed E-state index contributed by atoms with van der Waals surface area (Å²) in [7, 11) is 0. The molecule has 0 spiro atoms. The number of nitrogens with one attached hydrogen (secondary N) is 1. The van der Waals surface area contributed by atoms with Crippen LogP contribution >= 0.6 is 0 Å². The van der Waals surface area contributed by atoms with Crippen molar-refractivity contribution in [3.05, 3.63) is 41.7 Å². The normalized spacial score (nSPS) is 17.2. The maximum atomic E-state index is 12.8. The molecule has 8 nitrogen and oxygen atoms in total. The minimum atomic E-state index is -0.0370. The first kappa shape index (κ1) is 20.0. The van der Waals surface area contributed by atoms with Gasteiger partial charge in [0.05, 0.1) is 0 Å². The van der Waals surface area contributed by atoms with E-state index < -0.39 is 0 Å². The second kappa shape index (κ2) is 9.43. The molecule has 1 aliphatic heterocycles. The Hall–Kier alpha value is -2.77. The van der Waals surface area contributed by atoms with E-state index in [0.717, 1.165) is 43.4 Å². The highest BCUT2D eigenvalue weighted by atomic mass is 16.2. The number of nitrogens with zero attached hydrogens (tertiary/aromatic N) is 5. The zero-order valence-corrected chi connectivity index (χ0v) is 16.6. The van der Waals surface area contributed by atoms with Gasteiger partial charge in [0.25, 0.3) is 5.91 Å². The lowest BCUT2D eigenvalue weighted by atomic mass is 10.1. The van der Waals surface area contributed by atoms with E-state index in [0.29, 0.717) is 25.3 Å². The molecule has 3 heterocycles. The maximum Gasteiger partial charge on any atom is 0.274 e. The summed E-state index contributed by atoms with van der Waals surface area (Å²) in [5.41, 5.74) is 2.38. The topological polar surface area (TPSA) is 95.1 Å². The van der Waals surface area contributed by atoms with Crippen LogP contribution in [0.1, 0.15) is 61.3 Å². The smallest absolute Gasteiger partial charge is 0.274 e. The summed E-state index contributed by atoms with van der Waals surface area (Å²) in [5, 5.41) is 7.13. The highest BCUT2D eigenvalue weighted by molar-refractivity contribution is 5.92. The summed E-state index contributed by atoms with van der Waals surface area (Å²) in [6.45, 7) is 5.49. The molecule has 1 fully saturated rings. The molecule has 0 radical (unpaired) electrons. The highest BCUT2D eigenvalue weighted by Crippen LogP contribution is 2.20. The molecule has 0 aromatic carbocycles. The highest BCUT2D eigenvalue weighted by Gasteiger charge is 2.27. The van der Waals surface area contributed by atoms with E-state index in [-0.39, 0.29) is 17.9 Å². The summed E-state index contributed by atoms with van der Waals surface area (Å²) in [6.07, 6.45) is 9.34. The van der Waals surface area contributed by atoms with Gasteiger partial charge in [-0.1, -0.05) is 13.3 Å². The molecule has 2 amide bonds. The van der Waals surface area contributed by atoms with Crippen LogP contribution in [0, 0.1) is 0 Å². The van der Waals surface area contributed by atoms with Crippen molar-refractivity contribution in [1.82, 2.24) is 30.0 Å². The number of likely N-dealkylation sites (tertiary alicyclic amines) is 1. The fourth-order valence-electron chi connectivity index (χ4n) is 3.73. The van der Waals surface area contributed by atoms with Gasteiger partial charge in [0.2, 0.25) is 5.91 Å². The molecule has 3 rings (SSSR count). The molecule has 0 unspecified atom stereocenters. The molecule has 1 atom stereocenters. The van der Waals surface area contributed by atoms with E-state index in [4.69, 9.17) is 0 Å². The third-order valence-electron chi connectivity index (χ3n) is 5.17. The predicted molar refractivity (Wildman–Crippen MR) is 104 cm³/mol. The lowest BCUT2D eigenvalue weighted by Gasteiger charge is -2.30. The van der Waals surface area contributed by atoms with Crippen molar-refractivity contribution in [2.45, 2.75) is 58.5 Å². The minimum Gasteiger partial charge on any atom is -0.337 e. The van der Waals surface area contributed by atoms with E-state index in [9.17, 15) is 9.59 Å². The predicted octanol–water partition coefficient (Wildman–Crippen LogP) is 2.20. The molecule has 150 valence electrons. The van der Waals surface area contributed by atoms with Crippen molar-refractivity contribution >= 4 is 11.8 Å². The molecule has 1 aliphatic rings. The summed E-state index contributed by atoms with van der Waals surface area (Å²) in [4.78, 5) is 36.9. The van der Waals surface area contributed by atoms with Gasteiger partial charge in [-0.2, -0.15) is 5.10 Å². The Labute approximate surface area is 165 Å². The maximum absolute atomic E-state index is 12.8. The average Bonchev–Trinajstić information content (AvgIpc) is 3.03. The fourth-order valence-corrected chi connectivity index (χ4v) is 3.73. The average molecular weight is 384 g/mol. The van der Waals surface area contributed by atoms with Crippen LogP contribution < -0.4 is 0 Å². The first-order valence-electron chi connectivity index (χ1n) is 9.93.